The minimum absolute atomic E-state index is 0.319. The SMILES string of the molecule is Cn1c(Cn2cc(CCN)nn2)cc(=O)n(C)c1=O. The van der Waals surface area contributed by atoms with Gasteiger partial charge in [-0.05, 0) is 6.54 Å². The van der Waals surface area contributed by atoms with Crippen molar-refractivity contribution in [2.45, 2.75) is 13.0 Å². The molecule has 0 radical (unpaired) electrons. The predicted octanol–water partition coefficient (Wildman–Crippen LogP) is -1.77. The Kier molecular flexibility index (Phi) is 3.61. The van der Waals surface area contributed by atoms with Gasteiger partial charge in [0.2, 0.25) is 0 Å². The highest BCUT2D eigenvalue weighted by atomic mass is 16.2. The van der Waals surface area contributed by atoms with Crippen molar-refractivity contribution in [2.75, 3.05) is 6.54 Å². The maximum Gasteiger partial charge on any atom is 0.330 e. The summed E-state index contributed by atoms with van der Waals surface area (Å²) < 4.78 is 4.07. The third kappa shape index (κ3) is 2.63. The van der Waals surface area contributed by atoms with E-state index in [9.17, 15) is 9.59 Å². The molecule has 0 bridgehead atoms. The summed E-state index contributed by atoms with van der Waals surface area (Å²) in [5.74, 6) is 0. The molecular formula is C11H16N6O2. The van der Waals surface area contributed by atoms with Crippen molar-refractivity contribution in [1.82, 2.24) is 24.1 Å². The van der Waals surface area contributed by atoms with Gasteiger partial charge in [-0.1, -0.05) is 5.21 Å². The molecule has 0 atom stereocenters. The highest BCUT2D eigenvalue weighted by molar-refractivity contribution is 5.03. The third-order valence-corrected chi connectivity index (χ3v) is 2.94. The van der Waals surface area contributed by atoms with Gasteiger partial charge >= 0.3 is 5.69 Å². The normalized spacial score (nSPS) is 10.9. The number of nitrogens with zero attached hydrogens (tertiary/aromatic N) is 5. The Morgan fingerprint density at radius 3 is 2.68 bits per heavy atom. The fraction of sp³-hybridized carbons (Fsp3) is 0.455. The summed E-state index contributed by atoms with van der Waals surface area (Å²) in [5, 5.41) is 7.90. The summed E-state index contributed by atoms with van der Waals surface area (Å²) in [6.07, 6.45) is 2.41. The van der Waals surface area contributed by atoms with Crippen LogP contribution in [0.3, 0.4) is 0 Å². The lowest BCUT2D eigenvalue weighted by atomic mass is 10.3. The number of hydrogen-bond donors (Lipinski definition) is 1. The quantitative estimate of drug-likeness (QED) is 0.704. The fourth-order valence-electron chi connectivity index (χ4n) is 1.77. The number of aromatic nitrogens is 5. The fourth-order valence-corrected chi connectivity index (χ4v) is 1.77. The minimum Gasteiger partial charge on any atom is -0.330 e. The molecule has 2 heterocycles. The number of rotatable bonds is 4. The van der Waals surface area contributed by atoms with Crippen LogP contribution < -0.4 is 17.0 Å². The monoisotopic (exact) mass is 264 g/mol. The standard InChI is InChI=1S/C11H16N6O2/c1-15-9(5-10(18)16(2)11(15)19)7-17-6-8(3-4-12)13-14-17/h5-6H,3-4,7,12H2,1-2H3. The van der Waals surface area contributed by atoms with Crippen molar-refractivity contribution in [3.8, 4) is 0 Å². The van der Waals surface area contributed by atoms with Crippen molar-refractivity contribution in [2.24, 2.45) is 19.8 Å². The van der Waals surface area contributed by atoms with Crippen LogP contribution in [0.25, 0.3) is 0 Å². The van der Waals surface area contributed by atoms with Gasteiger partial charge in [0, 0.05) is 38.5 Å². The third-order valence-electron chi connectivity index (χ3n) is 2.94. The highest BCUT2D eigenvalue weighted by Gasteiger charge is 2.07. The van der Waals surface area contributed by atoms with Crippen molar-refractivity contribution in [3.05, 3.63) is 44.5 Å². The molecule has 0 aliphatic heterocycles. The number of nitrogens with two attached hydrogens (primary N) is 1. The molecule has 8 heteroatoms. The summed E-state index contributed by atoms with van der Waals surface area (Å²) in [6.45, 7) is 0.822. The summed E-state index contributed by atoms with van der Waals surface area (Å²) >= 11 is 0. The first-order valence-electron chi connectivity index (χ1n) is 5.88. The van der Waals surface area contributed by atoms with Gasteiger partial charge in [-0.3, -0.25) is 13.9 Å². The van der Waals surface area contributed by atoms with Crippen molar-refractivity contribution >= 4 is 0 Å². The molecule has 0 aliphatic carbocycles. The molecule has 8 nitrogen and oxygen atoms in total. The van der Waals surface area contributed by atoms with E-state index in [2.05, 4.69) is 10.3 Å². The second-order valence-electron chi connectivity index (χ2n) is 4.32. The molecule has 102 valence electrons. The summed E-state index contributed by atoms with van der Waals surface area (Å²) in [4.78, 5) is 23.4. The van der Waals surface area contributed by atoms with E-state index in [0.717, 1.165) is 10.3 Å². The average Bonchev–Trinajstić information content (AvgIpc) is 2.81. The molecular weight excluding hydrogens is 248 g/mol. The van der Waals surface area contributed by atoms with Crippen LogP contribution in [0.4, 0.5) is 0 Å². The second kappa shape index (κ2) is 5.19. The zero-order chi connectivity index (χ0) is 14.0. The Bertz CT molecular complexity index is 696. The van der Waals surface area contributed by atoms with Crippen LogP contribution in [0, 0.1) is 0 Å². The first-order chi connectivity index (χ1) is 9.02. The van der Waals surface area contributed by atoms with E-state index in [4.69, 9.17) is 5.73 Å². The molecule has 0 spiro atoms. The molecule has 0 aromatic carbocycles. The maximum atomic E-state index is 11.8. The summed E-state index contributed by atoms with van der Waals surface area (Å²) in [7, 11) is 3.07. The zero-order valence-corrected chi connectivity index (χ0v) is 10.9. The molecule has 2 aromatic heterocycles. The van der Waals surface area contributed by atoms with Crippen molar-refractivity contribution < 1.29 is 0 Å². The number of hydrogen-bond acceptors (Lipinski definition) is 5. The van der Waals surface area contributed by atoms with Gasteiger partial charge in [-0.2, -0.15) is 0 Å². The van der Waals surface area contributed by atoms with Gasteiger partial charge in [0.15, 0.2) is 0 Å². The minimum atomic E-state index is -0.357. The van der Waals surface area contributed by atoms with Crippen LogP contribution in [0.15, 0.2) is 21.9 Å². The van der Waals surface area contributed by atoms with Gasteiger partial charge in [-0.15, -0.1) is 5.10 Å². The molecule has 2 N–H and O–H groups in total. The first kappa shape index (κ1) is 13.2. The smallest absolute Gasteiger partial charge is 0.330 e. The lowest BCUT2D eigenvalue weighted by Gasteiger charge is -2.08. The molecule has 2 rings (SSSR count). The van der Waals surface area contributed by atoms with E-state index in [0.29, 0.717) is 25.2 Å². The zero-order valence-electron chi connectivity index (χ0n) is 10.9. The second-order valence-corrected chi connectivity index (χ2v) is 4.32. The average molecular weight is 264 g/mol. The summed E-state index contributed by atoms with van der Waals surface area (Å²) in [5.41, 5.74) is 6.12. The Balaban J connectivity index is 2.33. The Morgan fingerprint density at radius 1 is 1.26 bits per heavy atom. The highest BCUT2D eigenvalue weighted by Crippen LogP contribution is 1.98. The van der Waals surface area contributed by atoms with Crippen molar-refractivity contribution in [3.63, 3.8) is 0 Å². The van der Waals surface area contributed by atoms with Gasteiger partial charge in [0.05, 0.1) is 12.2 Å². The molecule has 0 saturated carbocycles. The molecule has 19 heavy (non-hydrogen) atoms. The van der Waals surface area contributed by atoms with Crippen LogP contribution in [0.2, 0.25) is 0 Å². The van der Waals surface area contributed by atoms with Crippen LogP contribution in [0.5, 0.6) is 0 Å². The lowest BCUT2D eigenvalue weighted by molar-refractivity contribution is 0.582. The lowest BCUT2D eigenvalue weighted by Crippen LogP contribution is -2.38. The van der Waals surface area contributed by atoms with Crippen LogP contribution in [-0.4, -0.2) is 30.7 Å². The molecule has 0 fully saturated rings. The largest absolute Gasteiger partial charge is 0.330 e. The van der Waals surface area contributed by atoms with E-state index in [1.807, 2.05) is 0 Å². The van der Waals surface area contributed by atoms with E-state index in [1.54, 1.807) is 17.9 Å². The Labute approximate surface area is 109 Å². The molecule has 0 saturated heterocycles. The van der Waals surface area contributed by atoms with E-state index >= 15 is 0 Å². The molecule has 0 amide bonds. The van der Waals surface area contributed by atoms with E-state index < -0.39 is 0 Å². The topological polar surface area (TPSA) is 101 Å². The van der Waals surface area contributed by atoms with Gasteiger partial charge < -0.3 is 5.73 Å². The van der Waals surface area contributed by atoms with Gasteiger partial charge in [-0.25, -0.2) is 9.48 Å². The van der Waals surface area contributed by atoms with Crippen LogP contribution >= 0.6 is 0 Å². The van der Waals surface area contributed by atoms with Gasteiger partial charge in [0.25, 0.3) is 5.56 Å². The predicted molar refractivity (Wildman–Crippen MR) is 68.8 cm³/mol. The molecule has 0 aliphatic rings. The van der Waals surface area contributed by atoms with Crippen molar-refractivity contribution in [1.29, 1.82) is 0 Å². The summed E-state index contributed by atoms with van der Waals surface area (Å²) in [6, 6.07) is 1.42. The van der Waals surface area contributed by atoms with Crippen LogP contribution in [0.1, 0.15) is 11.4 Å². The van der Waals surface area contributed by atoms with E-state index in [1.165, 1.54) is 17.7 Å². The van der Waals surface area contributed by atoms with E-state index in [-0.39, 0.29) is 11.2 Å². The Morgan fingerprint density at radius 2 is 2.00 bits per heavy atom. The van der Waals surface area contributed by atoms with Crippen LogP contribution in [-0.2, 0) is 27.1 Å². The van der Waals surface area contributed by atoms with Gasteiger partial charge in [0.1, 0.15) is 0 Å². The molecule has 2 aromatic rings. The Hall–Kier alpha value is -2.22. The molecule has 0 unspecified atom stereocenters. The first-order valence-corrected chi connectivity index (χ1v) is 5.88. The maximum absolute atomic E-state index is 11.8.